The smallest absolute Gasteiger partial charge is 0.268 e. The van der Waals surface area contributed by atoms with Gasteiger partial charge in [-0.2, -0.15) is 0 Å². The van der Waals surface area contributed by atoms with Crippen LogP contribution in [-0.2, 0) is 0 Å². The quantitative estimate of drug-likeness (QED) is 0.737. The fourth-order valence-electron chi connectivity index (χ4n) is 2.65. The van der Waals surface area contributed by atoms with Crippen molar-refractivity contribution in [3.05, 3.63) is 71.4 Å². The molecule has 3 nitrogen and oxygen atoms in total. The molecular formula is C19H20N2O. The number of hydrogen-bond acceptors (Lipinski definition) is 1. The molecule has 1 amide bonds. The summed E-state index contributed by atoms with van der Waals surface area (Å²) in [6.45, 7) is 4.14. The molecule has 2 aromatic carbocycles. The highest BCUT2D eigenvalue weighted by Crippen LogP contribution is 2.19. The summed E-state index contributed by atoms with van der Waals surface area (Å²) in [5.74, 6) is -0.0661. The van der Waals surface area contributed by atoms with Gasteiger partial charge in [0.25, 0.3) is 5.91 Å². The number of benzene rings is 2. The molecule has 3 aromatic rings. The summed E-state index contributed by atoms with van der Waals surface area (Å²) in [6, 6.07) is 18.1. The molecular weight excluding hydrogens is 272 g/mol. The number of carbonyl (C=O) groups excluding carboxylic acids is 1. The molecule has 0 aliphatic heterocycles. The SMILES string of the molecule is CC[C@H](NC(=O)c1cc2ccccc2[nH]1)c1ccc(C)cc1. The summed E-state index contributed by atoms with van der Waals surface area (Å²) in [5, 5.41) is 4.16. The molecule has 0 saturated carbocycles. The molecule has 0 aliphatic carbocycles. The Morgan fingerprint density at radius 3 is 2.55 bits per heavy atom. The number of fused-ring (bicyclic) bond motifs is 1. The average molecular weight is 292 g/mol. The Labute approximate surface area is 130 Å². The monoisotopic (exact) mass is 292 g/mol. The van der Waals surface area contributed by atoms with E-state index in [0.717, 1.165) is 22.9 Å². The zero-order valence-corrected chi connectivity index (χ0v) is 12.9. The molecule has 0 saturated heterocycles. The van der Waals surface area contributed by atoms with Crippen molar-refractivity contribution in [1.29, 1.82) is 0 Å². The first-order valence-electron chi connectivity index (χ1n) is 7.62. The van der Waals surface area contributed by atoms with Gasteiger partial charge in [-0.25, -0.2) is 0 Å². The molecule has 3 rings (SSSR count). The second-order valence-electron chi connectivity index (χ2n) is 5.62. The normalized spacial score (nSPS) is 12.3. The molecule has 1 atom stereocenters. The Balaban J connectivity index is 1.80. The van der Waals surface area contributed by atoms with Crippen molar-refractivity contribution in [2.45, 2.75) is 26.3 Å². The fourth-order valence-corrected chi connectivity index (χ4v) is 2.65. The summed E-state index contributed by atoms with van der Waals surface area (Å²) < 4.78 is 0. The Bertz CT molecular complexity index is 754. The van der Waals surface area contributed by atoms with Gasteiger partial charge in [-0.05, 0) is 31.0 Å². The van der Waals surface area contributed by atoms with Crippen LogP contribution in [0.4, 0.5) is 0 Å². The zero-order chi connectivity index (χ0) is 15.5. The second kappa shape index (κ2) is 6.06. The summed E-state index contributed by atoms with van der Waals surface area (Å²) in [4.78, 5) is 15.7. The van der Waals surface area contributed by atoms with E-state index < -0.39 is 0 Å². The maximum absolute atomic E-state index is 12.5. The third-order valence-electron chi connectivity index (χ3n) is 3.97. The van der Waals surface area contributed by atoms with Gasteiger partial charge in [0.15, 0.2) is 0 Å². The van der Waals surface area contributed by atoms with Crippen LogP contribution in [-0.4, -0.2) is 10.9 Å². The van der Waals surface area contributed by atoms with Gasteiger partial charge in [0.2, 0.25) is 0 Å². The third kappa shape index (κ3) is 2.89. The predicted octanol–water partition coefficient (Wildman–Crippen LogP) is 4.36. The van der Waals surface area contributed by atoms with Crippen LogP contribution in [0.1, 0.15) is 41.0 Å². The van der Waals surface area contributed by atoms with Crippen molar-refractivity contribution in [3.8, 4) is 0 Å². The van der Waals surface area contributed by atoms with Crippen LogP contribution in [0.5, 0.6) is 0 Å². The topological polar surface area (TPSA) is 44.9 Å². The summed E-state index contributed by atoms with van der Waals surface area (Å²) in [7, 11) is 0. The van der Waals surface area contributed by atoms with Crippen LogP contribution in [0.25, 0.3) is 10.9 Å². The van der Waals surface area contributed by atoms with Crippen LogP contribution in [0.3, 0.4) is 0 Å². The van der Waals surface area contributed by atoms with E-state index in [-0.39, 0.29) is 11.9 Å². The Kier molecular flexibility index (Phi) is 3.96. The highest BCUT2D eigenvalue weighted by atomic mass is 16.1. The number of rotatable bonds is 4. The van der Waals surface area contributed by atoms with Crippen LogP contribution in [0.2, 0.25) is 0 Å². The van der Waals surface area contributed by atoms with E-state index in [1.807, 2.05) is 30.3 Å². The molecule has 112 valence electrons. The van der Waals surface area contributed by atoms with Gasteiger partial charge < -0.3 is 10.3 Å². The van der Waals surface area contributed by atoms with E-state index in [2.05, 4.69) is 48.4 Å². The van der Waals surface area contributed by atoms with Crippen molar-refractivity contribution in [1.82, 2.24) is 10.3 Å². The van der Waals surface area contributed by atoms with Crippen molar-refractivity contribution in [2.75, 3.05) is 0 Å². The van der Waals surface area contributed by atoms with Gasteiger partial charge in [0.1, 0.15) is 5.69 Å². The molecule has 22 heavy (non-hydrogen) atoms. The van der Waals surface area contributed by atoms with E-state index in [0.29, 0.717) is 5.69 Å². The molecule has 0 radical (unpaired) electrons. The van der Waals surface area contributed by atoms with E-state index >= 15 is 0 Å². The average Bonchev–Trinajstić information content (AvgIpc) is 2.97. The van der Waals surface area contributed by atoms with Gasteiger partial charge in [0.05, 0.1) is 6.04 Å². The molecule has 1 aromatic heterocycles. The zero-order valence-electron chi connectivity index (χ0n) is 12.9. The van der Waals surface area contributed by atoms with E-state index in [4.69, 9.17) is 0 Å². The number of aromatic amines is 1. The van der Waals surface area contributed by atoms with Crippen molar-refractivity contribution < 1.29 is 4.79 Å². The lowest BCUT2D eigenvalue weighted by Crippen LogP contribution is -2.28. The van der Waals surface area contributed by atoms with Gasteiger partial charge in [0, 0.05) is 10.9 Å². The van der Waals surface area contributed by atoms with Crippen molar-refractivity contribution in [2.24, 2.45) is 0 Å². The van der Waals surface area contributed by atoms with E-state index in [1.165, 1.54) is 5.56 Å². The molecule has 1 heterocycles. The number of carbonyl (C=O) groups is 1. The molecule has 0 spiro atoms. The highest BCUT2D eigenvalue weighted by molar-refractivity contribution is 5.98. The summed E-state index contributed by atoms with van der Waals surface area (Å²) >= 11 is 0. The minimum Gasteiger partial charge on any atom is -0.351 e. The molecule has 3 heteroatoms. The predicted molar refractivity (Wildman–Crippen MR) is 90.0 cm³/mol. The number of hydrogen-bond donors (Lipinski definition) is 2. The summed E-state index contributed by atoms with van der Waals surface area (Å²) in [6.07, 6.45) is 0.856. The molecule has 0 bridgehead atoms. The largest absolute Gasteiger partial charge is 0.351 e. The number of aryl methyl sites for hydroxylation is 1. The number of amides is 1. The standard InChI is InChI=1S/C19H20N2O/c1-3-16(14-10-8-13(2)9-11-14)21-19(22)18-12-15-6-4-5-7-17(15)20-18/h4-12,16,20H,3H2,1-2H3,(H,21,22)/t16-/m0/s1. The lowest BCUT2D eigenvalue weighted by Gasteiger charge is -2.17. The Morgan fingerprint density at radius 1 is 1.14 bits per heavy atom. The minimum absolute atomic E-state index is 0.0273. The Hall–Kier alpha value is -2.55. The Morgan fingerprint density at radius 2 is 1.86 bits per heavy atom. The van der Waals surface area contributed by atoms with Crippen LogP contribution < -0.4 is 5.32 Å². The maximum atomic E-state index is 12.5. The van der Waals surface area contributed by atoms with Gasteiger partial charge in [-0.3, -0.25) is 4.79 Å². The molecule has 0 aliphatic rings. The van der Waals surface area contributed by atoms with Crippen LogP contribution >= 0.6 is 0 Å². The van der Waals surface area contributed by atoms with Gasteiger partial charge in [-0.1, -0.05) is 55.0 Å². The first-order chi connectivity index (χ1) is 10.7. The van der Waals surface area contributed by atoms with Crippen molar-refractivity contribution >= 4 is 16.8 Å². The minimum atomic E-state index is -0.0661. The molecule has 0 fully saturated rings. The molecule has 0 unspecified atom stereocenters. The first kappa shape index (κ1) is 14.4. The van der Waals surface area contributed by atoms with Gasteiger partial charge >= 0.3 is 0 Å². The highest BCUT2D eigenvalue weighted by Gasteiger charge is 2.15. The maximum Gasteiger partial charge on any atom is 0.268 e. The fraction of sp³-hybridized carbons (Fsp3) is 0.211. The first-order valence-corrected chi connectivity index (χ1v) is 7.62. The van der Waals surface area contributed by atoms with Crippen LogP contribution in [0.15, 0.2) is 54.6 Å². The number of aromatic nitrogens is 1. The second-order valence-corrected chi connectivity index (χ2v) is 5.62. The number of para-hydroxylation sites is 1. The van der Waals surface area contributed by atoms with Gasteiger partial charge in [-0.15, -0.1) is 0 Å². The molecule has 2 N–H and O–H groups in total. The third-order valence-corrected chi connectivity index (χ3v) is 3.97. The number of nitrogens with one attached hydrogen (secondary N) is 2. The van der Waals surface area contributed by atoms with Crippen molar-refractivity contribution in [3.63, 3.8) is 0 Å². The summed E-state index contributed by atoms with van der Waals surface area (Å²) in [5.41, 5.74) is 3.95. The number of H-pyrrole nitrogens is 1. The van der Waals surface area contributed by atoms with Crippen LogP contribution in [0, 0.1) is 6.92 Å². The van der Waals surface area contributed by atoms with E-state index in [1.54, 1.807) is 0 Å². The lowest BCUT2D eigenvalue weighted by molar-refractivity contribution is 0.0931. The van der Waals surface area contributed by atoms with E-state index in [9.17, 15) is 4.79 Å². The lowest BCUT2D eigenvalue weighted by atomic mass is 10.0.